The summed E-state index contributed by atoms with van der Waals surface area (Å²) in [6.07, 6.45) is 4.42. The third-order valence-corrected chi connectivity index (χ3v) is 4.52. The maximum Gasteiger partial charge on any atom is 0.224 e. The number of ether oxygens (including phenoxy) is 2. The van der Waals surface area contributed by atoms with Gasteiger partial charge in [-0.15, -0.1) is 12.4 Å². The maximum atomic E-state index is 12.4. The van der Waals surface area contributed by atoms with Crippen molar-refractivity contribution < 1.29 is 14.3 Å². The van der Waals surface area contributed by atoms with Crippen LogP contribution in [0.3, 0.4) is 0 Å². The zero-order valence-electron chi connectivity index (χ0n) is 16.1. The van der Waals surface area contributed by atoms with Gasteiger partial charge in [0.2, 0.25) is 11.8 Å². The van der Waals surface area contributed by atoms with Gasteiger partial charge in [-0.2, -0.15) is 0 Å². The number of nitrogens with one attached hydrogen (secondary N) is 2. The monoisotopic (exact) mass is 405 g/mol. The summed E-state index contributed by atoms with van der Waals surface area (Å²) < 4.78 is 11.5. The first-order valence-corrected chi connectivity index (χ1v) is 9.59. The van der Waals surface area contributed by atoms with Crippen molar-refractivity contribution in [1.82, 2.24) is 15.6 Å². The van der Waals surface area contributed by atoms with Gasteiger partial charge < -0.3 is 20.1 Å². The summed E-state index contributed by atoms with van der Waals surface area (Å²) in [5.74, 6) is 2.19. The van der Waals surface area contributed by atoms with Crippen LogP contribution in [0.15, 0.2) is 42.6 Å². The van der Waals surface area contributed by atoms with Gasteiger partial charge in [-0.3, -0.25) is 4.79 Å². The first kappa shape index (κ1) is 22.0. The van der Waals surface area contributed by atoms with E-state index in [4.69, 9.17) is 9.47 Å². The first-order valence-electron chi connectivity index (χ1n) is 9.59. The van der Waals surface area contributed by atoms with Crippen LogP contribution >= 0.6 is 12.4 Å². The molecule has 0 atom stereocenters. The highest BCUT2D eigenvalue weighted by Crippen LogP contribution is 2.25. The molecular weight excluding hydrogens is 378 g/mol. The van der Waals surface area contributed by atoms with E-state index in [1.165, 1.54) is 0 Å². The second-order valence-electron chi connectivity index (χ2n) is 6.63. The van der Waals surface area contributed by atoms with Crippen LogP contribution in [0.1, 0.15) is 31.7 Å². The van der Waals surface area contributed by atoms with E-state index in [1.54, 1.807) is 6.20 Å². The summed E-state index contributed by atoms with van der Waals surface area (Å²) in [7, 11) is 0. The van der Waals surface area contributed by atoms with Gasteiger partial charge in [-0.25, -0.2) is 4.98 Å². The number of carbonyl (C=O) groups excluding carboxylic acids is 1. The van der Waals surface area contributed by atoms with E-state index >= 15 is 0 Å². The molecule has 152 valence electrons. The number of amides is 1. The van der Waals surface area contributed by atoms with Crippen LogP contribution in [-0.4, -0.2) is 30.6 Å². The predicted molar refractivity (Wildman–Crippen MR) is 111 cm³/mol. The van der Waals surface area contributed by atoms with E-state index in [0.29, 0.717) is 24.8 Å². The van der Waals surface area contributed by atoms with E-state index in [0.717, 1.165) is 43.7 Å². The number of pyridine rings is 1. The van der Waals surface area contributed by atoms with Crippen molar-refractivity contribution in [3.05, 3.63) is 48.2 Å². The molecule has 0 bridgehead atoms. The lowest BCUT2D eigenvalue weighted by atomic mass is 9.97. The standard InChI is InChI=1S/C21H27N3O3.ClH/c1-2-14-26-18-5-7-19(8-6-18)27-21-17(4-3-11-23-21)15-24-20(25)16-9-12-22-13-10-16;/h3-8,11,16,22H,2,9-10,12-15H2,1H3,(H,24,25);1H. The molecule has 1 fully saturated rings. The van der Waals surface area contributed by atoms with Crippen LogP contribution < -0.4 is 20.1 Å². The summed E-state index contributed by atoms with van der Waals surface area (Å²) >= 11 is 0. The Morgan fingerprint density at radius 2 is 1.89 bits per heavy atom. The average molecular weight is 406 g/mol. The van der Waals surface area contributed by atoms with Crippen LogP contribution in [0.5, 0.6) is 17.4 Å². The molecule has 28 heavy (non-hydrogen) atoms. The van der Waals surface area contributed by atoms with Gasteiger partial charge >= 0.3 is 0 Å². The Bertz CT molecular complexity index is 734. The maximum absolute atomic E-state index is 12.4. The summed E-state index contributed by atoms with van der Waals surface area (Å²) in [6, 6.07) is 11.2. The molecule has 0 saturated carbocycles. The Hall–Kier alpha value is -2.31. The molecule has 1 aliphatic heterocycles. The van der Waals surface area contributed by atoms with Crippen LogP contribution in [0, 0.1) is 5.92 Å². The molecule has 1 aromatic carbocycles. The van der Waals surface area contributed by atoms with Crippen LogP contribution in [0.4, 0.5) is 0 Å². The zero-order chi connectivity index (χ0) is 18.9. The predicted octanol–water partition coefficient (Wildman–Crippen LogP) is 3.70. The molecule has 6 nitrogen and oxygen atoms in total. The fourth-order valence-corrected chi connectivity index (χ4v) is 3.00. The van der Waals surface area contributed by atoms with Crippen LogP contribution in [0.2, 0.25) is 0 Å². The normalized spacial score (nSPS) is 14.0. The molecule has 1 amide bonds. The Morgan fingerprint density at radius 1 is 1.18 bits per heavy atom. The molecule has 0 unspecified atom stereocenters. The molecule has 1 aromatic heterocycles. The summed E-state index contributed by atoms with van der Waals surface area (Å²) in [4.78, 5) is 16.7. The Kier molecular flexibility index (Phi) is 9.04. The summed E-state index contributed by atoms with van der Waals surface area (Å²) in [5.41, 5.74) is 0.853. The average Bonchev–Trinajstić information content (AvgIpc) is 2.73. The fraction of sp³-hybridized carbons (Fsp3) is 0.429. The smallest absolute Gasteiger partial charge is 0.224 e. The van der Waals surface area contributed by atoms with E-state index in [9.17, 15) is 4.79 Å². The number of aromatic nitrogens is 1. The van der Waals surface area contributed by atoms with Crippen molar-refractivity contribution >= 4 is 18.3 Å². The SMILES string of the molecule is CCCOc1ccc(Oc2ncccc2CNC(=O)C2CCNCC2)cc1.Cl. The highest BCUT2D eigenvalue weighted by molar-refractivity contribution is 5.85. The van der Waals surface area contributed by atoms with E-state index < -0.39 is 0 Å². The van der Waals surface area contributed by atoms with Crippen molar-refractivity contribution in [2.24, 2.45) is 5.92 Å². The van der Waals surface area contributed by atoms with Gasteiger partial charge in [0.15, 0.2) is 0 Å². The number of nitrogens with zero attached hydrogens (tertiary/aromatic N) is 1. The van der Waals surface area contributed by atoms with Gasteiger partial charge in [-0.1, -0.05) is 13.0 Å². The van der Waals surface area contributed by atoms with Gasteiger partial charge in [0, 0.05) is 24.2 Å². The largest absolute Gasteiger partial charge is 0.494 e. The molecule has 2 heterocycles. The fourth-order valence-electron chi connectivity index (χ4n) is 3.00. The van der Waals surface area contributed by atoms with Crippen LogP contribution in [0.25, 0.3) is 0 Å². The summed E-state index contributed by atoms with van der Waals surface area (Å²) in [6.45, 7) is 4.98. The molecule has 7 heteroatoms. The number of carbonyl (C=O) groups is 1. The van der Waals surface area contributed by atoms with Crippen molar-refractivity contribution in [3.8, 4) is 17.4 Å². The third kappa shape index (κ3) is 6.39. The Morgan fingerprint density at radius 3 is 2.61 bits per heavy atom. The lowest BCUT2D eigenvalue weighted by molar-refractivity contribution is -0.125. The highest BCUT2D eigenvalue weighted by atomic mass is 35.5. The zero-order valence-corrected chi connectivity index (χ0v) is 17.0. The topological polar surface area (TPSA) is 72.5 Å². The van der Waals surface area contributed by atoms with Crippen molar-refractivity contribution in [3.63, 3.8) is 0 Å². The molecule has 0 aliphatic carbocycles. The molecule has 1 aliphatic rings. The van der Waals surface area contributed by atoms with E-state index in [2.05, 4.69) is 22.5 Å². The van der Waals surface area contributed by atoms with Crippen molar-refractivity contribution in [2.75, 3.05) is 19.7 Å². The summed E-state index contributed by atoms with van der Waals surface area (Å²) in [5, 5.41) is 6.30. The Balaban J connectivity index is 0.00000280. The molecule has 0 radical (unpaired) electrons. The molecule has 2 aromatic rings. The first-order chi connectivity index (χ1) is 13.3. The number of hydrogen-bond acceptors (Lipinski definition) is 5. The second kappa shape index (κ2) is 11.5. The number of halogens is 1. The lowest BCUT2D eigenvalue weighted by Gasteiger charge is -2.22. The van der Waals surface area contributed by atoms with Gasteiger partial charge in [0.25, 0.3) is 0 Å². The van der Waals surface area contributed by atoms with E-state index in [-0.39, 0.29) is 24.2 Å². The number of piperidine rings is 1. The number of rotatable bonds is 8. The highest BCUT2D eigenvalue weighted by Gasteiger charge is 2.20. The number of hydrogen-bond donors (Lipinski definition) is 2. The van der Waals surface area contributed by atoms with Crippen LogP contribution in [-0.2, 0) is 11.3 Å². The third-order valence-electron chi connectivity index (χ3n) is 4.52. The molecule has 3 rings (SSSR count). The minimum atomic E-state index is 0. The molecular formula is C21H28ClN3O3. The molecule has 0 spiro atoms. The second-order valence-corrected chi connectivity index (χ2v) is 6.63. The van der Waals surface area contributed by atoms with Gasteiger partial charge in [-0.05, 0) is 62.7 Å². The van der Waals surface area contributed by atoms with Gasteiger partial charge in [0.1, 0.15) is 11.5 Å². The molecule has 2 N–H and O–H groups in total. The minimum absolute atomic E-state index is 0. The quantitative estimate of drug-likeness (QED) is 0.700. The lowest BCUT2D eigenvalue weighted by Crippen LogP contribution is -2.37. The van der Waals surface area contributed by atoms with Gasteiger partial charge in [0.05, 0.1) is 6.61 Å². The van der Waals surface area contributed by atoms with Crippen molar-refractivity contribution in [2.45, 2.75) is 32.7 Å². The number of benzene rings is 1. The molecule has 1 saturated heterocycles. The minimum Gasteiger partial charge on any atom is -0.494 e. The Labute approximate surface area is 172 Å². The van der Waals surface area contributed by atoms with E-state index in [1.807, 2.05) is 36.4 Å². The van der Waals surface area contributed by atoms with Crippen molar-refractivity contribution in [1.29, 1.82) is 0 Å².